The SMILES string of the molecule is CC(C)c1nc(CO)c(CCc2nc3ccccc3o2)c(-c2ccc(F)cc2)c1CO. The summed E-state index contributed by atoms with van der Waals surface area (Å²) in [4.78, 5) is 9.22. The maximum absolute atomic E-state index is 13.6. The molecule has 0 atom stereocenters. The number of fused-ring (bicyclic) bond motifs is 1. The molecule has 0 bridgehead atoms. The molecular weight excluding hydrogens is 395 g/mol. The second-order valence-electron chi connectivity index (χ2n) is 7.83. The Morgan fingerprint density at radius 2 is 1.65 bits per heavy atom. The van der Waals surface area contributed by atoms with E-state index < -0.39 is 0 Å². The largest absolute Gasteiger partial charge is 0.441 e. The number of aryl methyl sites for hydroxylation is 1. The van der Waals surface area contributed by atoms with E-state index in [4.69, 9.17) is 4.42 Å². The van der Waals surface area contributed by atoms with Gasteiger partial charge in [0.25, 0.3) is 0 Å². The van der Waals surface area contributed by atoms with Crippen LogP contribution in [0.4, 0.5) is 4.39 Å². The molecule has 0 radical (unpaired) electrons. The van der Waals surface area contributed by atoms with Crippen molar-refractivity contribution in [1.29, 1.82) is 0 Å². The summed E-state index contributed by atoms with van der Waals surface area (Å²) in [6.45, 7) is 3.56. The Labute approximate surface area is 180 Å². The smallest absolute Gasteiger partial charge is 0.195 e. The quantitative estimate of drug-likeness (QED) is 0.444. The highest BCUT2D eigenvalue weighted by atomic mass is 19.1. The molecule has 5 nitrogen and oxygen atoms in total. The first-order valence-electron chi connectivity index (χ1n) is 10.4. The van der Waals surface area contributed by atoms with Gasteiger partial charge in [0.15, 0.2) is 11.5 Å². The molecule has 0 spiro atoms. The molecule has 4 aromatic rings. The molecule has 0 fully saturated rings. The van der Waals surface area contributed by atoms with E-state index in [1.54, 1.807) is 12.1 Å². The predicted octanol–water partition coefficient (Wildman–Crippen LogP) is 4.92. The molecule has 0 saturated heterocycles. The lowest BCUT2D eigenvalue weighted by atomic mass is 9.88. The van der Waals surface area contributed by atoms with Gasteiger partial charge < -0.3 is 14.6 Å². The molecule has 6 heteroatoms. The Kier molecular flexibility index (Phi) is 6.11. The highest BCUT2D eigenvalue weighted by molar-refractivity contribution is 5.74. The summed E-state index contributed by atoms with van der Waals surface area (Å²) in [5.74, 6) is 0.314. The standard InChI is InChI=1S/C25H25FN2O3/c1-15(2)25-19(13-29)24(16-7-9-17(26)10-8-16)18(21(14-30)28-25)11-12-23-27-20-5-3-4-6-22(20)31-23/h3-10,15,29-30H,11-14H2,1-2H3. The molecule has 0 aliphatic rings. The van der Waals surface area contributed by atoms with Gasteiger partial charge in [-0.15, -0.1) is 0 Å². The normalized spacial score (nSPS) is 11.5. The first-order chi connectivity index (χ1) is 15.0. The second kappa shape index (κ2) is 8.96. The highest BCUT2D eigenvalue weighted by Crippen LogP contribution is 2.35. The second-order valence-corrected chi connectivity index (χ2v) is 7.83. The van der Waals surface area contributed by atoms with Gasteiger partial charge in [0.1, 0.15) is 11.3 Å². The third-order valence-electron chi connectivity index (χ3n) is 5.43. The van der Waals surface area contributed by atoms with Crippen LogP contribution in [0.2, 0.25) is 0 Å². The number of aromatic nitrogens is 2. The van der Waals surface area contributed by atoms with Crippen molar-refractivity contribution in [2.45, 2.75) is 45.8 Å². The lowest BCUT2D eigenvalue weighted by molar-refractivity contribution is 0.270. The summed E-state index contributed by atoms with van der Waals surface area (Å²) in [6.07, 6.45) is 1.01. The summed E-state index contributed by atoms with van der Waals surface area (Å²) in [7, 11) is 0. The molecular formula is C25H25FN2O3. The zero-order chi connectivity index (χ0) is 22.0. The zero-order valence-electron chi connectivity index (χ0n) is 17.6. The van der Waals surface area contributed by atoms with Crippen LogP contribution in [0.15, 0.2) is 52.9 Å². The van der Waals surface area contributed by atoms with Crippen LogP contribution in [0.1, 0.15) is 48.2 Å². The van der Waals surface area contributed by atoms with Gasteiger partial charge in [-0.1, -0.05) is 38.1 Å². The molecule has 0 unspecified atom stereocenters. The lowest BCUT2D eigenvalue weighted by Gasteiger charge is -2.22. The van der Waals surface area contributed by atoms with Gasteiger partial charge in [0, 0.05) is 17.7 Å². The van der Waals surface area contributed by atoms with E-state index in [0.29, 0.717) is 30.0 Å². The number of benzene rings is 2. The summed E-state index contributed by atoms with van der Waals surface area (Å²) in [5, 5.41) is 20.3. The molecule has 160 valence electrons. The fourth-order valence-electron chi connectivity index (χ4n) is 4.00. The first-order valence-corrected chi connectivity index (χ1v) is 10.4. The number of aliphatic hydroxyl groups excluding tert-OH is 2. The van der Waals surface area contributed by atoms with E-state index in [-0.39, 0.29) is 24.9 Å². The molecule has 4 rings (SSSR count). The van der Waals surface area contributed by atoms with Gasteiger partial charge in [-0.2, -0.15) is 0 Å². The monoisotopic (exact) mass is 420 g/mol. The van der Waals surface area contributed by atoms with Crippen molar-refractivity contribution in [3.05, 3.63) is 82.8 Å². The van der Waals surface area contributed by atoms with Crippen molar-refractivity contribution < 1.29 is 19.0 Å². The topological polar surface area (TPSA) is 79.4 Å². The van der Waals surface area contributed by atoms with E-state index in [2.05, 4.69) is 9.97 Å². The Morgan fingerprint density at radius 1 is 0.903 bits per heavy atom. The number of aliphatic hydroxyl groups is 2. The van der Waals surface area contributed by atoms with Crippen molar-refractivity contribution in [2.24, 2.45) is 0 Å². The van der Waals surface area contributed by atoms with E-state index in [0.717, 1.165) is 33.5 Å². The van der Waals surface area contributed by atoms with Gasteiger partial charge in [-0.05, 0) is 53.3 Å². The minimum absolute atomic E-state index is 0.0535. The molecule has 2 N–H and O–H groups in total. The number of oxazole rings is 1. The van der Waals surface area contributed by atoms with E-state index in [9.17, 15) is 14.6 Å². The summed E-state index contributed by atoms with van der Waals surface area (Å²) >= 11 is 0. The van der Waals surface area contributed by atoms with Crippen LogP contribution in [0.25, 0.3) is 22.2 Å². The molecule has 0 saturated carbocycles. The Hall–Kier alpha value is -3.09. The average Bonchev–Trinajstić information content (AvgIpc) is 3.20. The predicted molar refractivity (Wildman–Crippen MR) is 117 cm³/mol. The van der Waals surface area contributed by atoms with Crippen molar-refractivity contribution in [2.75, 3.05) is 0 Å². The molecule has 31 heavy (non-hydrogen) atoms. The minimum atomic E-state index is -0.331. The fraction of sp³-hybridized carbons (Fsp3) is 0.280. The van der Waals surface area contributed by atoms with Crippen LogP contribution in [0.5, 0.6) is 0 Å². The van der Waals surface area contributed by atoms with Gasteiger partial charge in [-0.3, -0.25) is 4.98 Å². The summed E-state index contributed by atoms with van der Waals surface area (Å²) < 4.78 is 19.4. The average molecular weight is 420 g/mol. The first kappa shape index (κ1) is 21.2. The number of nitrogens with zero attached hydrogens (tertiary/aromatic N) is 2. The van der Waals surface area contributed by atoms with Gasteiger partial charge >= 0.3 is 0 Å². The Morgan fingerprint density at radius 3 is 2.29 bits per heavy atom. The van der Waals surface area contributed by atoms with Gasteiger partial charge in [0.2, 0.25) is 0 Å². The lowest BCUT2D eigenvalue weighted by Crippen LogP contribution is -2.12. The van der Waals surface area contributed by atoms with Crippen LogP contribution < -0.4 is 0 Å². The molecule has 2 aromatic carbocycles. The number of pyridine rings is 1. The minimum Gasteiger partial charge on any atom is -0.441 e. The Balaban J connectivity index is 1.83. The molecule has 0 amide bonds. The molecule has 2 heterocycles. The Bertz CT molecular complexity index is 1170. The van der Waals surface area contributed by atoms with Crippen LogP contribution in [-0.4, -0.2) is 20.2 Å². The fourth-order valence-corrected chi connectivity index (χ4v) is 4.00. The van der Waals surface area contributed by atoms with Crippen molar-refractivity contribution >= 4 is 11.1 Å². The van der Waals surface area contributed by atoms with Crippen molar-refractivity contribution in [3.63, 3.8) is 0 Å². The number of halogens is 1. The third-order valence-corrected chi connectivity index (χ3v) is 5.43. The molecule has 0 aliphatic carbocycles. The maximum Gasteiger partial charge on any atom is 0.195 e. The van der Waals surface area contributed by atoms with Crippen LogP contribution in [0, 0.1) is 5.82 Å². The van der Waals surface area contributed by atoms with Crippen LogP contribution >= 0.6 is 0 Å². The zero-order valence-corrected chi connectivity index (χ0v) is 17.6. The number of rotatable bonds is 7. The van der Waals surface area contributed by atoms with Crippen molar-refractivity contribution in [1.82, 2.24) is 9.97 Å². The van der Waals surface area contributed by atoms with E-state index in [1.807, 2.05) is 38.1 Å². The molecule has 2 aromatic heterocycles. The van der Waals surface area contributed by atoms with Gasteiger partial charge in [0.05, 0.1) is 18.9 Å². The maximum atomic E-state index is 13.6. The van der Waals surface area contributed by atoms with E-state index >= 15 is 0 Å². The van der Waals surface area contributed by atoms with Crippen LogP contribution in [0.3, 0.4) is 0 Å². The van der Waals surface area contributed by atoms with Gasteiger partial charge in [-0.25, -0.2) is 9.37 Å². The number of hydrogen-bond donors (Lipinski definition) is 2. The summed E-state index contributed by atoms with van der Waals surface area (Å²) in [5.41, 5.74) is 5.88. The highest BCUT2D eigenvalue weighted by Gasteiger charge is 2.22. The van der Waals surface area contributed by atoms with Crippen LogP contribution in [-0.2, 0) is 26.1 Å². The summed E-state index contributed by atoms with van der Waals surface area (Å²) in [6, 6.07) is 13.8. The van der Waals surface area contributed by atoms with Crippen molar-refractivity contribution in [3.8, 4) is 11.1 Å². The molecule has 0 aliphatic heterocycles. The third kappa shape index (κ3) is 4.22. The van der Waals surface area contributed by atoms with E-state index in [1.165, 1.54) is 12.1 Å². The number of para-hydroxylation sites is 2. The number of hydrogen-bond acceptors (Lipinski definition) is 5.